The van der Waals surface area contributed by atoms with Gasteiger partial charge in [0.15, 0.2) is 0 Å². The summed E-state index contributed by atoms with van der Waals surface area (Å²) in [5.41, 5.74) is 0.107. The van der Waals surface area contributed by atoms with Crippen molar-refractivity contribution in [3.63, 3.8) is 0 Å². The molecule has 3 nitrogen and oxygen atoms in total. The summed E-state index contributed by atoms with van der Waals surface area (Å²) in [4.78, 5) is 0. The Morgan fingerprint density at radius 1 is 1.45 bits per heavy atom. The van der Waals surface area contributed by atoms with Crippen molar-refractivity contribution in [1.29, 1.82) is 0 Å². The zero-order chi connectivity index (χ0) is 8.32. The van der Waals surface area contributed by atoms with Crippen LogP contribution >= 0.6 is 20.7 Å². The molecule has 0 N–H and O–H groups in total. The summed E-state index contributed by atoms with van der Waals surface area (Å²) in [6.07, 6.45) is 0. The Kier molecular flexibility index (Phi) is 3.11. The molecule has 1 fully saturated rings. The summed E-state index contributed by atoms with van der Waals surface area (Å²) in [7, 11) is -1.12. The fourth-order valence-corrected chi connectivity index (χ4v) is 2.01. The lowest BCUT2D eigenvalue weighted by Gasteiger charge is -2.30. The third-order valence-corrected chi connectivity index (χ3v) is 2.44. The molecule has 5 heteroatoms. The summed E-state index contributed by atoms with van der Waals surface area (Å²) >= 11 is 4.43. The van der Waals surface area contributed by atoms with Gasteiger partial charge in [0.25, 0.3) is 0 Å². The molecular formula is C6H10NO2PS. The van der Waals surface area contributed by atoms with Gasteiger partial charge in [-0.2, -0.15) is 4.76 Å². The van der Waals surface area contributed by atoms with E-state index in [1.807, 2.05) is 0 Å². The number of rotatable bonds is 1. The monoisotopic (exact) mass is 191 g/mol. The van der Waals surface area contributed by atoms with Crippen molar-refractivity contribution in [3.05, 3.63) is 0 Å². The van der Waals surface area contributed by atoms with E-state index < -0.39 is 8.53 Å². The van der Waals surface area contributed by atoms with E-state index in [-0.39, 0.29) is 5.41 Å². The second kappa shape index (κ2) is 3.70. The SMILES string of the molecule is CC1(C)COP(N=C=S)OC1. The van der Waals surface area contributed by atoms with Gasteiger partial charge in [0, 0.05) is 5.41 Å². The van der Waals surface area contributed by atoms with Gasteiger partial charge < -0.3 is 9.05 Å². The lowest BCUT2D eigenvalue weighted by Crippen LogP contribution is -2.27. The van der Waals surface area contributed by atoms with Crippen LogP contribution in [0, 0.1) is 5.41 Å². The number of nitrogens with zero attached hydrogens (tertiary/aromatic N) is 1. The molecule has 1 saturated heterocycles. The Morgan fingerprint density at radius 2 is 2.00 bits per heavy atom. The molecule has 0 aromatic carbocycles. The molecule has 1 heterocycles. The van der Waals surface area contributed by atoms with Gasteiger partial charge in [-0.05, 0) is 12.2 Å². The first kappa shape index (κ1) is 9.24. The first-order chi connectivity index (χ1) is 5.14. The maximum atomic E-state index is 5.28. The maximum absolute atomic E-state index is 5.28. The van der Waals surface area contributed by atoms with E-state index in [0.717, 1.165) is 0 Å². The molecule has 1 aliphatic rings. The third-order valence-electron chi connectivity index (χ3n) is 1.25. The minimum atomic E-state index is -1.12. The smallest absolute Gasteiger partial charge is 0.315 e. The number of isothiocyanates is 1. The molecule has 0 aromatic heterocycles. The van der Waals surface area contributed by atoms with Gasteiger partial charge in [-0.25, -0.2) is 0 Å². The molecule has 0 aliphatic carbocycles. The Labute approximate surface area is 72.8 Å². The van der Waals surface area contributed by atoms with Crippen molar-refractivity contribution < 1.29 is 9.05 Å². The first-order valence-electron chi connectivity index (χ1n) is 3.28. The van der Waals surface area contributed by atoms with E-state index in [1.165, 1.54) is 0 Å². The van der Waals surface area contributed by atoms with Crippen molar-refractivity contribution in [2.24, 2.45) is 10.2 Å². The Morgan fingerprint density at radius 3 is 2.45 bits per heavy atom. The van der Waals surface area contributed by atoms with Crippen LogP contribution in [0.15, 0.2) is 4.76 Å². The molecule has 0 aromatic rings. The molecule has 0 amide bonds. The van der Waals surface area contributed by atoms with E-state index >= 15 is 0 Å². The van der Waals surface area contributed by atoms with Crippen molar-refractivity contribution in [2.75, 3.05) is 13.2 Å². The zero-order valence-corrected chi connectivity index (χ0v) is 8.24. The van der Waals surface area contributed by atoms with E-state index in [2.05, 4.69) is 36.0 Å². The van der Waals surface area contributed by atoms with Gasteiger partial charge in [0.05, 0.1) is 18.4 Å². The van der Waals surface area contributed by atoms with Crippen LogP contribution in [0.4, 0.5) is 0 Å². The first-order valence-corrected chi connectivity index (χ1v) is 4.82. The molecule has 62 valence electrons. The van der Waals surface area contributed by atoms with Crippen LogP contribution in [0.25, 0.3) is 0 Å². The molecule has 0 saturated carbocycles. The topological polar surface area (TPSA) is 30.8 Å². The number of hydrogen-bond donors (Lipinski definition) is 0. The van der Waals surface area contributed by atoms with Crippen LogP contribution in [-0.2, 0) is 9.05 Å². The molecule has 11 heavy (non-hydrogen) atoms. The standard InChI is InChI=1S/C6H10NO2PS/c1-6(2)3-8-10(7-5-11)9-4-6/h3-4H2,1-2H3. The molecule has 0 unspecified atom stereocenters. The summed E-state index contributed by atoms with van der Waals surface area (Å²) in [5, 5.41) is 2.25. The Bertz CT molecular complexity index is 181. The van der Waals surface area contributed by atoms with E-state index in [1.54, 1.807) is 0 Å². The van der Waals surface area contributed by atoms with Crippen LogP contribution in [-0.4, -0.2) is 18.4 Å². The van der Waals surface area contributed by atoms with Gasteiger partial charge in [-0.15, -0.1) is 0 Å². The molecule has 0 spiro atoms. The summed E-state index contributed by atoms with van der Waals surface area (Å²) in [6.45, 7) is 5.53. The zero-order valence-electron chi connectivity index (χ0n) is 6.53. The maximum Gasteiger partial charge on any atom is 0.319 e. The minimum Gasteiger partial charge on any atom is -0.315 e. The largest absolute Gasteiger partial charge is 0.319 e. The van der Waals surface area contributed by atoms with Crippen molar-refractivity contribution in [2.45, 2.75) is 13.8 Å². The summed E-state index contributed by atoms with van der Waals surface area (Å²) < 4.78 is 14.3. The predicted molar refractivity (Wildman–Crippen MR) is 47.6 cm³/mol. The summed E-state index contributed by atoms with van der Waals surface area (Å²) in [5.74, 6) is 0. The highest BCUT2D eigenvalue weighted by Gasteiger charge is 2.28. The van der Waals surface area contributed by atoms with E-state index in [4.69, 9.17) is 9.05 Å². The highest BCUT2D eigenvalue weighted by molar-refractivity contribution is 7.78. The van der Waals surface area contributed by atoms with Crippen LogP contribution in [0.3, 0.4) is 0 Å². The average molecular weight is 191 g/mol. The van der Waals surface area contributed by atoms with Crippen LogP contribution < -0.4 is 0 Å². The highest BCUT2D eigenvalue weighted by Crippen LogP contribution is 2.46. The van der Waals surface area contributed by atoms with Crippen molar-refractivity contribution in [1.82, 2.24) is 0 Å². The number of thiocarbonyl (C=S) groups is 1. The fourth-order valence-electron chi connectivity index (χ4n) is 0.630. The second-order valence-electron chi connectivity index (χ2n) is 3.14. The average Bonchev–Trinajstić information content (AvgIpc) is 1.94. The second-order valence-corrected chi connectivity index (χ2v) is 4.51. The quantitative estimate of drug-likeness (QED) is 0.362. The third kappa shape index (κ3) is 2.94. The molecule has 0 atom stereocenters. The number of hydrogen-bond acceptors (Lipinski definition) is 4. The van der Waals surface area contributed by atoms with Gasteiger partial charge in [0.1, 0.15) is 0 Å². The molecule has 0 bridgehead atoms. The molecule has 1 rings (SSSR count). The van der Waals surface area contributed by atoms with Gasteiger partial charge >= 0.3 is 8.53 Å². The van der Waals surface area contributed by atoms with E-state index in [0.29, 0.717) is 13.2 Å². The van der Waals surface area contributed by atoms with Crippen LogP contribution in [0.1, 0.15) is 13.8 Å². The summed E-state index contributed by atoms with van der Waals surface area (Å²) in [6, 6.07) is 0. The van der Waals surface area contributed by atoms with Gasteiger partial charge in [-0.3, -0.25) is 0 Å². The van der Waals surface area contributed by atoms with Crippen molar-refractivity contribution in [3.8, 4) is 0 Å². The molecule has 0 radical (unpaired) electrons. The van der Waals surface area contributed by atoms with Crippen molar-refractivity contribution >= 4 is 25.9 Å². The van der Waals surface area contributed by atoms with Gasteiger partial charge in [0.2, 0.25) is 0 Å². The molecule has 1 aliphatic heterocycles. The van der Waals surface area contributed by atoms with Crippen LogP contribution in [0.5, 0.6) is 0 Å². The van der Waals surface area contributed by atoms with Gasteiger partial charge in [-0.1, -0.05) is 13.8 Å². The predicted octanol–water partition coefficient (Wildman–Crippen LogP) is 2.39. The molecular weight excluding hydrogens is 181 g/mol. The Balaban J connectivity index is 2.42. The fraction of sp³-hybridized carbons (Fsp3) is 0.833. The highest BCUT2D eigenvalue weighted by atomic mass is 32.1. The normalized spacial score (nSPS) is 24.2. The lowest BCUT2D eigenvalue weighted by atomic mass is 9.97. The van der Waals surface area contributed by atoms with E-state index in [9.17, 15) is 0 Å². The Hall–Kier alpha value is 0.150. The minimum absolute atomic E-state index is 0.107. The van der Waals surface area contributed by atoms with Crippen LogP contribution in [0.2, 0.25) is 0 Å². The lowest BCUT2D eigenvalue weighted by molar-refractivity contribution is 0.0621.